The first kappa shape index (κ1) is 17.0. The van der Waals surface area contributed by atoms with Crippen molar-refractivity contribution in [1.82, 2.24) is 19.5 Å². The average molecular weight is 372 g/mol. The third-order valence-corrected chi connectivity index (χ3v) is 6.07. The molecule has 0 spiro atoms. The molecule has 3 aromatic heterocycles. The molecule has 4 aromatic rings. The van der Waals surface area contributed by atoms with Crippen molar-refractivity contribution in [1.29, 1.82) is 0 Å². The Morgan fingerprint density at radius 3 is 2.93 bits per heavy atom. The molecule has 1 aromatic carbocycles. The highest BCUT2D eigenvalue weighted by molar-refractivity contribution is 5.85. The fourth-order valence-corrected chi connectivity index (χ4v) is 4.53. The second kappa shape index (κ2) is 6.78. The van der Waals surface area contributed by atoms with Crippen LogP contribution in [-0.2, 0) is 6.42 Å². The standard InChI is InChI=1S/C22H24N6/c23-19-11-16-5-3-15(10-20(16)27-21(19)24)2-1-14-4-6-18(9-14)28-8-7-17-12-25-13-26-22(17)28/h3,5,7-8,10-14,18H,1-2,4,6,9,23H2,(H2,24,27). The van der Waals surface area contributed by atoms with E-state index in [-0.39, 0.29) is 0 Å². The molecule has 3 heterocycles. The molecule has 0 aliphatic heterocycles. The number of hydrogen-bond acceptors (Lipinski definition) is 5. The first-order valence-corrected chi connectivity index (χ1v) is 9.88. The Morgan fingerprint density at radius 2 is 2.00 bits per heavy atom. The maximum atomic E-state index is 5.86. The highest BCUT2D eigenvalue weighted by atomic mass is 15.1. The molecule has 0 amide bonds. The molecule has 4 N–H and O–H groups in total. The Morgan fingerprint density at radius 1 is 1.07 bits per heavy atom. The van der Waals surface area contributed by atoms with Crippen LogP contribution in [0.2, 0.25) is 0 Å². The molecule has 1 aliphatic rings. The molecule has 6 nitrogen and oxygen atoms in total. The largest absolute Gasteiger partial charge is 0.396 e. The highest BCUT2D eigenvalue weighted by Gasteiger charge is 2.26. The molecule has 1 saturated carbocycles. The maximum absolute atomic E-state index is 5.86. The van der Waals surface area contributed by atoms with E-state index in [2.05, 4.69) is 50.0 Å². The number of nitrogens with two attached hydrogens (primary N) is 2. The normalized spacial score (nSPS) is 19.6. The minimum absolute atomic E-state index is 0.408. The minimum atomic E-state index is 0.408. The smallest absolute Gasteiger partial charge is 0.147 e. The van der Waals surface area contributed by atoms with E-state index >= 15 is 0 Å². The third kappa shape index (κ3) is 3.05. The molecule has 0 bridgehead atoms. The van der Waals surface area contributed by atoms with E-state index in [0.29, 0.717) is 17.5 Å². The lowest BCUT2D eigenvalue weighted by Crippen LogP contribution is -2.05. The summed E-state index contributed by atoms with van der Waals surface area (Å²) < 4.78 is 2.34. The number of nitrogens with zero attached hydrogens (tertiary/aromatic N) is 4. The van der Waals surface area contributed by atoms with Crippen molar-refractivity contribution < 1.29 is 0 Å². The van der Waals surface area contributed by atoms with Gasteiger partial charge in [0.1, 0.15) is 17.8 Å². The van der Waals surface area contributed by atoms with Crippen LogP contribution in [0.1, 0.15) is 37.3 Å². The maximum Gasteiger partial charge on any atom is 0.147 e. The molecule has 28 heavy (non-hydrogen) atoms. The number of hydrogen-bond donors (Lipinski definition) is 2. The highest BCUT2D eigenvalue weighted by Crippen LogP contribution is 2.38. The van der Waals surface area contributed by atoms with Crippen molar-refractivity contribution in [3.63, 3.8) is 0 Å². The van der Waals surface area contributed by atoms with E-state index in [4.69, 9.17) is 11.5 Å². The third-order valence-electron chi connectivity index (χ3n) is 6.07. The van der Waals surface area contributed by atoms with E-state index in [1.165, 1.54) is 31.2 Å². The second-order valence-corrected chi connectivity index (χ2v) is 7.89. The van der Waals surface area contributed by atoms with Crippen LogP contribution in [0.5, 0.6) is 0 Å². The van der Waals surface area contributed by atoms with Crippen LogP contribution in [-0.4, -0.2) is 19.5 Å². The average Bonchev–Trinajstić information content (AvgIpc) is 3.34. The number of benzene rings is 1. The molecule has 5 rings (SSSR count). The summed E-state index contributed by atoms with van der Waals surface area (Å²) in [6.07, 6.45) is 11.6. The Balaban J connectivity index is 1.26. The van der Waals surface area contributed by atoms with Gasteiger partial charge in [0.05, 0.1) is 11.2 Å². The number of fused-ring (bicyclic) bond motifs is 2. The summed E-state index contributed by atoms with van der Waals surface area (Å²) in [6, 6.07) is 11.0. The van der Waals surface area contributed by atoms with Crippen molar-refractivity contribution >= 4 is 33.4 Å². The lowest BCUT2D eigenvalue weighted by atomic mass is 9.97. The summed E-state index contributed by atoms with van der Waals surface area (Å²) in [5, 5.41) is 2.16. The molecule has 6 heteroatoms. The van der Waals surface area contributed by atoms with E-state index in [1.807, 2.05) is 12.3 Å². The number of pyridine rings is 1. The van der Waals surface area contributed by atoms with Gasteiger partial charge in [-0.3, -0.25) is 0 Å². The van der Waals surface area contributed by atoms with Gasteiger partial charge in [0.2, 0.25) is 0 Å². The van der Waals surface area contributed by atoms with Gasteiger partial charge in [0.25, 0.3) is 0 Å². The Hall–Kier alpha value is -3.15. The van der Waals surface area contributed by atoms with Crippen molar-refractivity contribution in [2.75, 3.05) is 11.5 Å². The summed E-state index contributed by atoms with van der Waals surface area (Å²) in [4.78, 5) is 13.0. The van der Waals surface area contributed by atoms with Gasteiger partial charge in [-0.2, -0.15) is 0 Å². The molecule has 1 aliphatic carbocycles. The first-order valence-electron chi connectivity index (χ1n) is 9.88. The predicted molar refractivity (Wildman–Crippen MR) is 113 cm³/mol. The molecule has 2 unspecified atom stereocenters. The number of rotatable bonds is 4. The van der Waals surface area contributed by atoms with Crippen molar-refractivity contribution in [3.8, 4) is 0 Å². The van der Waals surface area contributed by atoms with Gasteiger partial charge in [-0.1, -0.05) is 12.1 Å². The van der Waals surface area contributed by atoms with Gasteiger partial charge < -0.3 is 16.0 Å². The van der Waals surface area contributed by atoms with Gasteiger partial charge in [-0.05, 0) is 61.8 Å². The number of aromatic nitrogens is 4. The molecule has 2 atom stereocenters. The molecule has 1 fully saturated rings. The monoisotopic (exact) mass is 372 g/mol. The Labute approximate surface area is 163 Å². The zero-order chi connectivity index (χ0) is 19.1. The van der Waals surface area contributed by atoms with E-state index in [0.717, 1.165) is 34.3 Å². The summed E-state index contributed by atoms with van der Waals surface area (Å²) in [7, 11) is 0. The summed E-state index contributed by atoms with van der Waals surface area (Å²) >= 11 is 0. The number of nitrogen functional groups attached to an aromatic ring is 2. The lowest BCUT2D eigenvalue weighted by Gasteiger charge is -2.14. The summed E-state index contributed by atoms with van der Waals surface area (Å²) in [5.41, 5.74) is 15.5. The van der Waals surface area contributed by atoms with Gasteiger partial charge in [-0.25, -0.2) is 15.0 Å². The van der Waals surface area contributed by atoms with Crippen LogP contribution >= 0.6 is 0 Å². The number of aryl methyl sites for hydroxylation is 1. The van der Waals surface area contributed by atoms with Crippen molar-refractivity contribution in [2.45, 2.75) is 38.1 Å². The van der Waals surface area contributed by atoms with E-state index < -0.39 is 0 Å². The summed E-state index contributed by atoms with van der Waals surface area (Å²) in [6.45, 7) is 0. The predicted octanol–water partition coefficient (Wildman–Crippen LogP) is 4.12. The molecular formula is C22H24N6. The zero-order valence-electron chi connectivity index (χ0n) is 15.8. The molecule has 0 saturated heterocycles. The van der Waals surface area contributed by atoms with Gasteiger partial charge in [0, 0.05) is 29.2 Å². The first-order chi connectivity index (χ1) is 13.7. The fraction of sp³-hybridized carbons (Fsp3) is 0.318. The van der Waals surface area contributed by atoms with Gasteiger partial charge in [-0.15, -0.1) is 0 Å². The second-order valence-electron chi connectivity index (χ2n) is 7.89. The van der Waals surface area contributed by atoms with E-state index in [1.54, 1.807) is 6.33 Å². The van der Waals surface area contributed by atoms with Crippen LogP contribution < -0.4 is 11.5 Å². The van der Waals surface area contributed by atoms with E-state index in [9.17, 15) is 0 Å². The van der Waals surface area contributed by atoms with Crippen LogP contribution in [0, 0.1) is 5.92 Å². The van der Waals surface area contributed by atoms with Crippen molar-refractivity contribution in [2.24, 2.45) is 5.92 Å². The van der Waals surface area contributed by atoms with Crippen LogP contribution in [0.15, 0.2) is 49.1 Å². The molecular weight excluding hydrogens is 348 g/mol. The Bertz CT molecular complexity index is 1150. The van der Waals surface area contributed by atoms with Crippen molar-refractivity contribution in [3.05, 3.63) is 54.6 Å². The topological polar surface area (TPSA) is 95.6 Å². The number of anilines is 2. The van der Waals surface area contributed by atoms with Gasteiger partial charge >= 0.3 is 0 Å². The summed E-state index contributed by atoms with van der Waals surface area (Å²) in [5.74, 6) is 1.15. The fourth-order valence-electron chi connectivity index (χ4n) is 4.53. The molecule has 0 radical (unpaired) electrons. The van der Waals surface area contributed by atoms with Crippen LogP contribution in [0.3, 0.4) is 0 Å². The van der Waals surface area contributed by atoms with Crippen LogP contribution in [0.4, 0.5) is 11.5 Å². The zero-order valence-corrected chi connectivity index (χ0v) is 15.8. The van der Waals surface area contributed by atoms with Crippen LogP contribution in [0.25, 0.3) is 21.9 Å². The lowest BCUT2D eigenvalue weighted by molar-refractivity contribution is 0.461. The molecule has 142 valence electrons. The minimum Gasteiger partial charge on any atom is -0.396 e. The Kier molecular flexibility index (Phi) is 4.11. The van der Waals surface area contributed by atoms with Gasteiger partial charge in [0.15, 0.2) is 0 Å². The quantitative estimate of drug-likeness (QED) is 0.562. The SMILES string of the molecule is Nc1cc2ccc(CCC3CCC(n4ccc5cncnc54)C3)cc2nc1N.